The van der Waals surface area contributed by atoms with Crippen LogP contribution in [0.2, 0.25) is 0 Å². The number of aromatic amines is 1. The number of aryl methyl sites for hydroxylation is 1. The number of hydrogen-bond donors (Lipinski definition) is 2. The molecule has 0 atom stereocenters. The molecule has 0 saturated heterocycles. The first-order valence-electron chi connectivity index (χ1n) is 4.90. The molecule has 5 heteroatoms. The fourth-order valence-corrected chi connectivity index (χ4v) is 2.53. The average Bonchev–Trinajstić information content (AvgIpc) is 2.81. The van der Waals surface area contributed by atoms with Gasteiger partial charge in [-0.25, -0.2) is 4.98 Å². The first kappa shape index (κ1) is 9.35. The number of nitrogens with one attached hydrogen (secondary N) is 1. The van der Waals surface area contributed by atoms with Gasteiger partial charge in [-0.1, -0.05) is 0 Å². The van der Waals surface area contributed by atoms with E-state index < -0.39 is 0 Å². The third-order valence-corrected chi connectivity index (χ3v) is 3.35. The van der Waals surface area contributed by atoms with E-state index in [9.17, 15) is 0 Å². The van der Waals surface area contributed by atoms with Crippen molar-refractivity contribution in [1.82, 2.24) is 15.0 Å². The summed E-state index contributed by atoms with van der Waals surface area (Å²) >= 11 is 1.51. The van der Waals surface area contributed by atoms with Crippen molar-refractivity contribution < 1.29 is 0 Å². The Morgan fingerprint density at radius 2 is 2.31 bits per heavy atom. The third-order valence-electron chi connectivity index (χ3n) is 2.55. The predicted molar refractivity (Wildman–Crippen MR) is 66.4 cm³/mol. The van der Waals surface area contributed by atoms with Crippen LogP contribution >= 0.6 is 11.3 Å². The van der Waals surface area contributed by atoms with Crippen LogP contribution < -0.4 is 5.73 Å². The molecule has 3 rings (SSSR count). The van der Waals surface area contributed by atoms with E-state index in [0.717, 1.165) is 27.0 Å². The third kappa shape index (κ3) is 1.29. The lowest BCUT2D eigenvalue weighted by atomic mass is 10.1. The Labute approximate surface area is 96.2 Å². The molecule has 3 aromatic heterocycles. The van der Waals surface area contributed by atoms with Gasteiger partial charge in [0.05, 0.1) is 5.69 Å². The highest BCUT2D eigenvalue weighted by atomic mass is 32.1. The molecule has 0 saturated carbocycles. The van der Waals surface area contributed by atoms with Crippen molar-refractivity contribution in [2.45, 2.75) is 6.92 Å². The summed E-state index contributed by atoms with van der Waals surface area (Å²) < 4.78 is 0. The molecule has 0 bridgehead atoms. The number of anilines is 1. The number of pyridine rings is 1. The van der Waals surface area contributed by atoms with E-state index in [0.29, 0.717) is 5.13 Å². The minimum absolute atomic E-state index is 0.603. The first-order chi connectivity index (χ1) is 7.75. The number of nitrogens with two attached hydrogens (primary N) is 1. The Balaban J connectivity index is 2.30. The van der Waals surface area contributed by atoms with Crippen LogP contribution in [0.3, 0.4) is 0 Å². The number of hydrogen-bond acceptors (Lipinski definition) is 4. The maximum Gasteiger partial charge on any atom is 0.180 e. The molecule has 80 valence electrons. The molecule has 0 spiro atoms. The quantitative estimate of drug-likeness (QED) is 0.675. The van der Waals surface area contributed by atoms with Gasteiger partial charge in [0, 0.05) is 39.9 Å². The lowest BCUT2D eigenvalue weighted by Crippen LogP contribution is -1.83. The van der Waals surface area contributed by atoms with Crippen LogP contribution in [0, 0.1) is 6.92 Å². The van der Waals surface area contributed by atoms with Crippen LogP contribution in [-0.4, -0.2) is 15.0 Å². The molecule has 16 heavy (non-hydrogen) atoms. The summed E-state index contributed by atoms with van der Waals surface area (Å²) in [5.74, 6) is 0. The fraction of sp³-hybridized carbons (Fsp3) is 0.0909. The number of aromatic nitrogens is 3. The molecular formula is C11H10N4S. The molecule has 4 nitrogen and oxygen atoms in total. The van der Waals surface area contributed by atoms with Gasteiger partial charge in [0.1, 0.15) is 0 Å². The molecular weight excluding hydrogens is 220 g/mol. The molecule has 0 unspecified atom stereocenters. The van der Waals surface area contributed by atoms with E-state index >= 15 is 0 Å². The SMILES string of the molecule is Cc1sc(N)nc1-c1c[nH]c2ccncc12. The predicted octanol–water partition coefficient (Wildman–Crippen LogP) is 2.58. The minimum atomic E-state index is 0.603. The van der Waals surface area contributed by atoms with Gasteiger partial charge >= 0.3 is 0 Å². The summed E-state index contributed by atoms with van der Waals surface area (Å²) in [5, 5.41) is 1.68. The highest BCUT2D eigenvalue weighted by Crippen LogP contribution is 2.33. The second-order valence-corrected chi connectivity index (χ2v) is 4.82. The highest BCUT2D eigenvalue weighted by Gasteiger charge is 2.12. The van der Waals surface area contributed by atoms with Crippen LogP contribution in [0.4, 0.5) is 5.13 Å². The van der Waals surface area contributed by atoms with E-state index in [1.165, 1.54) is 11.3 Å². The van der Waals surface area contributed by atoms with Crippen LogP contribution in [-0.2, 0) is 0 Å². The number of nitrogens with zero attached hydrogens (tertiary/aromatic N) is 2. The van der Waals surface area contributed by atoms with Gasteiger partial charge in [0.15, 0.2) is 5.13 Å². The van der Waals surface area contributed by atoms with Crippen molar-refractivity contribution in [3.63, 3.8) is 0 Å². The zero-order valence-corrected chi connectivity index (χ0v) is 9.51. The van der Waals surface area contributed by atoms with E-state index in [1.54, 1.807) is 6.20 Å². The average molecular weight is 230 g/mol. The molecule has 3 aromatic rings. The van der Waals surface area contributed by atoms with Crippen molar-refractivity contribution in [3.05, 3.63) is 29.5 Å². The number of thiazole rings is 1. The van der Waals surface area contributed by atoms with Gasteiger partial charge in [-0.15, -0.1) is 11.3 Å². The van der Waals surface area contributed by atoms with Crippen LogP contribution in [0.5, 0.6) is 0 Å². The van der Waals surface area contributed by atoms with Crippen molar-refractivity contribution in [1.29, 1.82) is 0 Å². The zero-order chi connectivity index (χ0) is 11.1. The summed E-state index contributed by atoms with van der Waals surface area (Å²) in [5.41, 5.74) is 8.79. The van der Waals surface area contributed by atoms with Crippen LogP contribution in [0.25, 0.3) is 22.2 Å². The monoisotopic (exact) mass is 230 g/mol. The Morgan fingerprint density at radius 1 is 1.44 bits per heavy atom. The molecule has 3 N–H and O–H groups in total. The van der Waals surface area contributed by atoms with Crippen molar-refractivity contribution in [2.75, 3.05) is 5.73 Å². The van der Waals surface area contributed by atoms with Gasteiger partial charge in [-0.2, -0.15) is 0 Å². The summed E-state index contributed by atoms with van der Waals surface area (Å²) in [6.45, 7) is 2.03. The first-order valence-corrected chi connectivity index (χ1v) is 5.72. The van der Waals surface area contributed by atoms with Gasteiger partial charge < -0.3 is 10.7 Å². The second-order valence-electron chi connectivity index (χ2n) is 3.58. The molecule has 0 aliphatic rings. The maximum atomic E-state index is 5.71. The lowest BCUT2D eigenvalue weighted by molar-refractivity contribution is 1.35. The lowest BCUT2D eigenvalue weighted by Gasteiger charge is -1.95. The molecule has 0 amide bonds. The standard InChI is InChI=1S/C11H10N4S/c1-6-10(15-11(12)16-6)8-5-14-9-2-3-13-4-7(8)9/h2-5,14H,1H3,(H2,12,15). The number of H-pyrrole nitrogens is 1. The topological polar surface area (TPSA) is 67.6 Å². The smallest absolute Gasteiger partial charge is 0.180 e. The van der Waals surface area contributed by atoms with E-state index in [1.807, 2.05) is 25.4 Å². The summed E-state index contributed by atoms with van der Waals surface area (Å²) in [6.07, 6.45) is 5.56. The largest absolute Gasteiger partial charge is 0.375 e. The Hall–Kier alpha value is -1.88. The van der Waals surface area contributed by atoms with Crippen molar-refractivity contribution in [2.24, 2.45) is 0 Å². The van der Waals surface area contributed by atoms with Gasteiger partial charge in [0.2, 0.25) is 0 Å². The summed E-state index contributed by atoms with van der Waals surface area (Å²) in [4.78, 5) is 12.8. The van der Waals surface area contributed by atoms with Crippen LogP contribution in [0.15, 0.2) is 24.7 Å². The fourth-order valence-electron chi connectivity index (χ4n) is 1.83. The Bertz CT molecular complexity index is 653. The summed E-state index contributed by atoms with van der Waals surface area (Å²) in [7, 11) is 0. The number of nitrogen functional groups attached to an aromatic ring is 1. The Morgan fingerprint density at radius 3 is 3.06 bits per heavy atom. The number of rotatable bonds is 1. The molecule has 0 aliphatic heterocycles. The summed E-state index contributed by atoms with van der Waals surface area (Å²) in [6, 6.07) is 1.95. The van der Waals surface area contributed by atoms with E-state index in [2.05, 4.69) is 15.0 Å². The van der Waals surface area contributed by atoms with Gasteiger partial charge in [0.25, 0.3) is 0 Å². The van der Waals surface area contributed by atoms with Gasteiger partial charge in [-0.3, -0.25) is 4.98 Å². The number of fused-ring (bicyclic) bond motifs is 1. The Kier molecular flexibility index (Phi) is 1.94. The minimum Gasteiger partial charge on any atom is -0.375 e. The van der Waals surface area contributed by atoms with Crippen molar-refractivity contribution >= 4 is 27.4 Å². The van der Waals surface area contributed by atoms with E-state index in [-0.39, 0.29) is 0 Å². The second kappa shape index (κ2) is 3.31. The molecule has 0 fully saturated rings. The molecule has 0 radical (unpaired) electrons. The van der Waals surface area contributed by atoms with Crippen molar-refractivity contribution in [3.8, 4) is 11.3 Å². The maximum absolute atomic E-state index is 5.71. The molecule has 3 heterocycles. The highest BCUT2D eigenvalue weighted by molar-refractivity contribution is 7.15. The van der Waals surface area contributed by atoms with Gasteiger partial charge in [-0.05, 0) is 13.0 Å². The van der Waals surface area contributed by atoms with E-state index in [4.69, 9.17) is 5.73 Å². The van der Waals surface area contributed by atoms with Crippen LogP contribution in [0.1, 0.15) is 4.88 Å². The normalized spacial score (nSPS) is 11.1. The molecule has 0 aromatic carbocycles. The molecule has 0 aliphatic carbocycles. The zero-order valence-electron chi connectivity index (χ0n) is 8.69.